The lowest BCUT2D eigenvalue weighted by Gasteiger charge is -2.31. The van der Waals surface area contributed by atoms with Gasteiger partial charge in [0, 0.05) is 7.05 Å². The fourth-order valence-electron chi connectivity index (χ4n) is 1.54. The van der Waals surface area contributed by atoms with E-state index in [-0.39, 0.29) is 18.1 Å². The van der Waals surface area contributed by atoms with Gasteiger partial charge in [0.15, 0.2) is 0 Å². The number of carboxylic acids is 1. The Hall–Kier alpha value is -2.18. The number of nitrogens with zero attached hydrogens (tertiary/aromatic N) is 1. The van der Waals surface area contributed by atoms with Gasteiger partial charge in [-0.1, -0.05) is 12.1 Å². The minimum atomic E-state index is -2.90. The molecule has 0 aliphatic rings. The standard InChI is InChI=1S/C14H17F2NO4/c1-14(2,12(19)20)17(3)11(18)8-9-4-6-10(7-5-9)21-13(15)16/h4-7,13H,8H2,1-3H3,(H,19,20). The number of benzene rings is 1. The number of alkyl halides is 2. The van der Waals surface area contributed by atoms with Gasteiger partial charge < -0.3 is 14.7 Å². The normalized spacial score (nSPS) is 11.3. The Labute approximate surface area is 121 Å². The Kier molecular flexibility index (Phi) is 5.23. The van der Waals surface area contributed by atoms with Crippen molar-refractivity contribution in [1.29, 1.82) is 0 Å². The van der Waals surface area contributed by atoms with Crippen LogP contribution in [-0.2, 0) is 16.0 Å². The van der Waals surface area contributed by atoms with Crippen LogP contribution in [0.25, 0.3) is 0 Å². The van der Waals surface area contributed by atoms with Crippen LogP contribution >= 0.6 is 0 Å². The molecule has 0 aromatic heterocycles. The smallest absolute Gasteiger partial charge is 0.387 e. The maximum Gasteiger partial charge on any atom is 0.387 e. The van der Waals surface area contributed by atoms with Crippen molar-refractivity contribution in [1.82, 2.24) is 4.90 Å². The highest BCUT2D eigenvalue weighted by molar-refractivity contribution is 5.87. The van der Waals surface area contributed by atoms with E-state index < -0.39 is 18.1 Å². The summed E-state index contributed by atoms with van der Waals surface area (Å²) in [7, 11) is 1.41. The van der Waals surface area contributed by atoms with E-state index in [9.17, 15) is 18.4 Å². The van der Waals surface area contributed by atoms with Crippen LogP contribution < -0.4 is 4.74 Å². The molecule has 1 aromatic rings. The molecule has 1 amide bonds. The second-order valence-electron chi connectivity index (χ2n) is 5.02. The number of carboxylic acid groups (broad SMARTS) is 1. The van der Waals surface area contributed by atoms with Gasteiger partial charge in [-0.05, 0) is 31.5 Å². The third-order valence-electron chi connectivity index (χ3n) is 3.24. The van der Waals surface area contributed by atoms with E-state index in [0.717, 1.165) is 4.90 Å². The fraction of sp³-hybridized carbons (Fsp3) is 0.429. The van der Waals surface area contributed by atoms with E-state index in [1.807, 2.05) is 0 Å². The van der Waals surface area contributed by atoms with Crippen LogP contribution in [0, 0.1) is 0 Å². The Morgan fingerprint density at radius 3 is 2.24 bits per heavy atom. The van der Waals surface area contributed by atoms with Crippen molar-refractivity contribution in [2.45, 2.75) is 32.4 Å². The summed E-state index contributed by atoms with van der Waals surface area (Å²) in [6.07, 6.45) is -0.0256. The first-order valence-corrected chi connectivity index (χ1v) is 6.18. The van der Waals surface area contributed by atoms with Crippen LogP contribution in [0.5, 0.6) is 5.75 Å². The van der Waals surface area contributed by atoms with Crippen molar-refractivity contribution in [2.75, 3.05) is 7.05 Å². The average Bonchev–Trinajstić information content (AvgIpc) is 2.39. The van der Waals surface area contributed by atoms with Gasteiger partial charge in [0.05, 0.1) is 6.42 Å². The number of aliphatic carboxylic acids is 1. The summed E-state index contributed by atoms with van der Waals surface area (Å²) in [5.74, 6) is -1.50. The molecule has 0 radical (unpaired) electrons. The van der Waals surface area contributed by atoms with Crippen LogP contribution in [0.4, 0.5) is 8.78 Å². The van der Waals surface area contributed by atoms with Crippen LogP contribution in [-0.4, -0.2) is 41.1 Å². The van der Waals surface area contributed by atoms with Crippen molar-refractivity contribution in [3.63, 3.8) is 0 Å². The zero-order valence-electron chi connectivity index (χ0n) is 12.0. The van der Waals surface area contributed by atoms with Gasteiger partial charge in [0.1, 0.15) is 11.3 Å². The van der Waals surface area contributed by atoms with Crippen molar-refractivity contribution < 1.29 is 28.2 Å². The Morgan fingerprint density at radius 1 is 1.29 bits per heavy atom. The minimum Gasteiger partial charge on any atom is -0.480 e. The molecular formula is C14H17F2NO4. The van der Waals surface area contributed by atoms with Crippen molar-refractivity contribution in [2.24, 2.45) is 0 Å². The Morgan fingerprint density at radius 2 is 1.81 bits per heavy atom. The second kappa shape index (κ2) is 6.51. The lowest BCUT2D eigenvalue weighted by molar-refractivity contribution is -0.155. The van der Waals surface area contributed by atoms with Crippen molar-refractivity contribution in [3.05, 3.63) is 29.8 Å². The maximum absolute atomic E-state index is 12.0. The largest absolute Gasteiger partial charge is 0.480 e. The van der Waals surface area contributed by atoms with E-state index in [1.54, 1.807) is 0 Å². The number of amides is 1. The van der Waals surface area contributed by atoms with Gasteiger partial charge in [0.2, 0.25) is 5.91 Å². The number of hydrogen-bond acceptors (Lipinski definition) is 3. The van der Waals surface area contributed by atoms with Gasteiger partial charge in [-0.15, -0.1) is 0 Å². The Balaban J connectivity index is 2.73. The summed E-state index contributed by atoms with van der Waals surface area (Å²) in [5.41, 5.74) is -0.745. The third-order valence-corrected chi connectivity index (χ3v) is 3.24. The van der Waals surface area contributed by atoms with Crippen molar-refractivity contribution >= 4 is 11.9 Å². The molecule has 0 saturated heterocycles. The molecule has 0 unspecified atom stereocenters. The van der Waals surface area contributed by atoms with Gasteiger partial charge in [-0.2, -0.15) is 8.78 Å². The molecule has 0 bridgehead atoms. The first-order chi connectivity index (χ1) is 9.64. The molecule has 1 rings (SSSR count). The molecule has 0 fully saturated rings. The molecule has 7 heteroatoms. The van der Waals surface area contributed by atoms with Crippen LogP contribution in [0.1, 0.15) is 19.4 Å². The van der Waals surface area contributed by atoms with Gasteiger partial charge >= 0.3 is 12.6 Å². The zero-order valence-corrected chi connectivity index (χ0v) is 12.0. The topological polar surface area (TPSA) is 66.8 Å². The van der Waals surface area contributed by atoms with Gasteiger partial charge in [-0.3, -0.25) is 4.79 Å². The van der Waals surface area contributed by atoms with E-state index in [0.29, 0.717) is 5.56 Å². The predicted octanol–water partition coefficient (Wildman–Crippen LogP) is 2.15. The fourth-order valence-corrected chi connectivity index (χ4v) is 1.54. The molecule has 0 aliphatic heterocycles. The molecule has 1 N–H and O–H groups in total. The summed E-state index contributed by atoms with van der Waals surface area (Å²) < 4.78 is 28.2. The average molecular weight is 301 g/mol. The van der Waals surface area contributed by atoms with E-state index in [1.165, 1.54) is 45.2 Å². The molecule has 5 nitrogen and oxygen atoms in total. The number of hydrogen-bond donors (Lipinski definition) is 1. The molecule has 116 valence electrons. The summed E-state index contributed by atoms with van der Waals surface area (Å²) >= 11 is 0. The summed E-state index contributed by atoms with van der Waals surface area (Å²) in [6.45, 7) is -0.0560. The second-order valence-corrected chi connectivity index (χ2v) is 5.02. The summed E-state index contributed by atoms with van der Waals surface area (Å²) in [6, 6.07) is 5.63. The maximum atomic E-state index is 12.0. The molecule has 21 heavy (non-hydrogen) atoms. The first-order valence-electron chi connectivity index (χ1n) is 6.18. The number of likely N-dealkylation sites (N-methyl/N-ethyl adjacent to an activating group) is 1. The summed E-state index contributed by atoms with van der Waals surface area (Å²) in [4.78, 5) is 24.3. The first kappa shape index (κ1) is 16.9. The van der Waals surface area contributed by atoms with Crippen LogP contribution in [0.3, 0.4) is 0 Å². The minimum absolute atomic E-state index is 0.000388. The molecule has 0 spiro atoms. The quantitative estimate of drug-likeness (QED) is 0.874. The third kappa shape index (κ3) is 4.40. The monoisotopic (exact) mass is 301 g/mol. The van der Waals surface area contributed by atoms with Crippen LogP contribution in [0.15, 0.2) is 24.3 Å². The van der Waals surface area contributed by atoms with Crippen LogP contribution in [0.2, 0.25) is 0 Å². The Bertz CT molecular complexity index is 514. The lowest BCUT2D eigenvalue weighted by atomic mass is 10.0. The number of rotatable bonds is 6. The summed E-state index contributed by atoms with van der Waals surface area (Å²) in [5, 5.41) is 9.07. The number of carbonyl (C=O) groups is 2. The molecular weight excluding hydrogens is 284 g/mol. The highest BCUT2D eigenvalue weighted by Crippen LogP contribution is 2.18. The van der Waals surface area contributed by atoms with Gasteiger partial charge in [-0.25, -0.2) is 4.79 Å². The molecule has 1 aromatic carbocycles. The molecule has 0 saturated carbocycles. The molecule has 0 aliphatic carbocycles. The predicted molar refractivity (Wildman–Crippen MR) is 71.3 cm³/mol. The highest BCUT2D eigenvalue weighted by Gasteiger charge is 2.34. The highest BCUT2D eigenvalue weighted by atomic mass is 19.3. The molecule has 0 heterocycles. The zero-order chi connectivity index (χ0) is 16.2. The molecule has 0 atom stereocenters. The van der Waals surface area contributed by atoms with Crippen molar-refractivity contribution in [3.8, 4) is 5.75 Å². The van der Waals surface area contributed by atoms with Gasteiger partial charge in [0.25, 0.3) is 0 Å². The van der Waals surface area contributed by atoms with E-state index in [4.69, 9.17) is 5.11 Å². The van der Waals surface area contributed by atoms with E-state index in [2.05, 4.69) is 4.74 Å². The number of halogens is 2. The number of carbonyl (C=O) groups excluding carboxylic acids is 1. The number of ether oxygens (including phenoxy) is 1. The lowest BCUT2D eigenvalue weighted by Crippen LogP contribution is -2.51. The SMILES string of the molecule is CN(C(=O)Cc1ccc(OC(F)F)cc1)C(C)(C)C(=O)O. The van der Waals surface area contributed by atoms with E-state index >= 15 is 0 Å².